The SMILES string of the molecule is COc1ccc(NC(N)=NCCc2ccc(F)cc2Cl)cc1OC.I. The van der Waals surface area contributed by atoms with E-state index in [1.165, 1.54) is 12.1 Å². The van der Waals surface area contributed by atoms with E-state index >= 15 is 0 Å². The monoisotopic (exact) mass is 479 g/mol. The third-order valence-corrected chi connectivity index (χ3v) is 3.69. The number of hydrogen-bond donors (Lipinski definition) is 2. The molecule has 3 N–H and O–H groups in total. The van der Waals surface area contributed by atoms with Gasteiger partial charge in [-0.25, -0.2) is 4.39 Å². The van der Waals surface area contributed by atoms with Gasteiger partial charge in [0.25, 0.3) is 0 Å². The molecule has 2 aromatic carbocycles. The normalized spacial score (nSPS) is 10.8. The van der Waals surface area contributed by atoms with Crippen LogP contribution in [0.3, 0.4) is 0 Å². The first-order valence-corrected chi connectivity index (χ1v) is 7.64. The summed E-state index contributed by atoms with van der Waals surface area (Å²) in [5.74, 6) is 1.13. The average Bonchev–Trinajstić information content (AvgIpc) is 2.56. The van der Waals surface area contributed by atoms with E-state index in [-0.39, 0.29) is 35.8 Å². The van der Waals surface area contributed by atoms with Crippen LogP contribution in [-0.2, 0) is 6.42 Å². The highest BCUT2D eigenvalue weighted by Crippen LogP contribution is 2.29. The minimum Gasteiger partial charge on any atom is -0.493 e. The third-order valence-electron chi connectivity index (χ3n) is 3.33. The van der Waals surface area contributed by atoms with Gasteiger partial charge >= 0.3 is 0 Å². The largest absolute Gasteiger partial charge is 0.493 e. The van der Waals surface area contributed by atoms with Crippen molar-refractivity contribution in [3.05, 3.63) is 52.8 Å². The number of methoxy groups -OCH3 is 2. The molecule has 0 bridgehead atoms. The van der Waals surface area contributed by atoms with Gasteiger partial charge in [-0.15, -0.1) is 24.0 Å². The van der Waals surface area contributed by atoms with Crippen LogP contribution in [-0.4, -0.2) is 26.7 Å². The topological polar surface area (TPSA) is 68.9 Å². The quantitative estimate of drug-likeness (QED) is 0.372. The molecule has 2 rings (SSSR count). The lowest BCUT2D eigenvalue weighted by molar-refractivity contribution is 0.355. The molecule has 0 aliphatic carbocycles. The molecule has 136 valence electrons. The van der Waals surface area contributed by atoms with Crippen molar-refractivity contribution in [2.45, 2.75) is 6.42 Å². The molecule has 0 aliphatic heterocycles. The highest BCUT2D eigenvalue weighted by Gasteiger charge is 2.05. The van der Waals surface area contributed by atoms with Crippen LogP contribution >= 0.6 is 35.6 Å². The standard InChI is InChI=1S/C17H19ClFN3O2.HI/c1-23-15-6-5-13(10-16(15)24-2)22-17(20)21-8-7-11-3-4-12(19)9-14(11)18;/h3-6,9-10H,7-8H2,1-2H3,(H3,20,21,22);1H. The van der Waals surface area contributed by atoms with Crippen molar-refractivity contribution in [1.29, 1.82) is 0 Å². The molecule has 25 heavy (non-hydrogen) atoms. The number of ether oxygens (including phenoxy) is 2. The minimum atomic E-state index is -0.359. The van der Waals surface area contributed by atoms with Crippen molar-refractivity contribution in [3.8, 4) is 11.5 Å². The summed E-state index contributed by atoms with van der Waals surface area (Å²) in [5.41, 5.74) is 7.42. The maximum Gasteiger partial charge on any atom is 0.193 e. The number of nitrogens with zero attached hydrogens (tertiary/aromatic N) is 1. The zero-order chi connectivity index (χ0) is 17.5. The molecule has 0 unspecified atom stereocenters. The molecule has 0 amide bonds. The van der Waals surface area contributed by atoms with E-state index in [2.05, 4.69) is 10.3 Å². The number of anilines is 1. The molecule has 0 aromatic heterocycles. The Hall–Kier alpha value is -1.74. The summed E-state index contributed by atoms with van der Waals surface area (Å²) in [7, 11) is 3.13. The Labute approximate surface area is 168 Å². The number of nitrogens with two attached hydrogens (primary N) is 1. The number of aliphatic imine (C=N–C) groups is 1. The lowest BCUT2D eigenvalue weighted by atomic mass is 10.1. The highest BCUT2D eigenvalue weighted by atomic mass is 127. The number of nitrogens with one attached hydrogen (secondary N) is 1. The van der Waals surface area contributed by atoms with Crippen LogP contribution < -0.4 is 20.5 Å². The predicted molar refractivity (Wildman–Crippen MR) is 110 cm³/mol. The number of hydrogen-bond acceptors (Lipinski definition) is 3. The van der Waals surface area contributed by atoms with E-state index in [4.69, 9.17) is 26.8 Å². The summed E-state index contributed by atoms with van der Waals surface area (Å²) < 4.78 is 23.4. The molecule has 0 radical (unpaired) electrons. The van der Waals surface area contributed by atoms with Crippen LogP contribution in [0.5, 0.6) is 11.5 Å². The molecule has 0 spiro atoms. The van der Waals surface area contributed by atoms with Crippen LogP contribution in [0.2, 0.25) is 5.02 Å². The molecular weight excluding hydrogens is 460 g/mol. The summed E-state index contributed by atoms with van der Waals surface area (Å²) in [6, 6.07) is 9.64. The van der Waals surface area contributed by atoms with Crippen LogP contribution in [0, 0.1) is 5.82 Å². The number of rotatable bonds is 6. The molecule has 5 nitrogen and oxygen atoms in total. The van der Waals surface area contributed by atoms with Crippen molar-refractivity contribution < 1.29 is 13.9 Å². The van der Waals surface area contributed by atoms with Gasteiger partial charge < -0.3 is 20.5 Å². The summed E-state index contributed by atoms with van der Waals surface area (Å²) >= 11 is 5.98. The Morgan fingerprint density at radius 2 is 1.88 bits per heavy atom. The van der Waals surface area contributed by atoms with Crippen molar-refractivity contribution in [3.63, 3.8) is 0 Å². The first-order chi connectivity index (χ1) is 11.5. The molecule has 8 heteroatoms. The fourth-order valence-corrected chi connectivity index (χ4v) is 2.38. The van der Waals surface area contributed by atoms with Gasteiger partial charge in [-0.1, -0.05) is 17.7 Å². The first kappa shape index (κ1) is 21.3. The lowest BCUT2D eigenvalue weighted by Gasteiger charge is -2.11. The predicted octanol–water partition coefficient (Wildman–Crippen LogP) is 4.08. The average molecular weight is 480 g/mol. The molecule has 2 aromatic rings. The van der Waals surface area contributed by atoms with E-state index in [0.717, 1.165) is 11.3 Å². The minimum absolute atomic E-state index is 0. The van der Waals surface area contributed by atoms with E-state index < -0.39 is 0 Å². The Kier molecular flexibility index (Phi) is 8.77. The zero-order valence-electron chi connectivity index (χ0n) is 13.9. The molecule has 0 atom stereocenters. The van der Waals surface area contributed by atoms with Crippen molar-refractivity contribution >= 4 is 47.2 Å². The van der Waals surface area contributed by atoms with E-state index in [1.54, 1.807) is 38.5 Å². The Morgan fingerprint density at radius 1 is 1.16 bits per heavy atom. The maximum absolute atomic E-state index is 13.0. The van der Waals surface area contributed by atoms with E-state index in [0.29, 0.717) is 29.5 Å². The van der Waals surface area contributed by atoms with E-state index in [1.807, 2.05) is 0 Å². The van der Waals surface area contributed by atoms with Gasteiger partial charge in [0.2, 0.25) is 0 Å². The van der Waals surface area contributed by atoms with Gasteiger partial charge in [0.15, 0.2) is 17.5 Å². The van der Waals surface area contributed by atoms with Crippen molar-refractivity contribution in [2.24, 2.45) is 10.7 Å². The van der Waals surface area contributed by atoms with Gasteiger partial charge in [-0.2, -0.15) is 0 Å². The summed E-state index contributed by atoms with van der Waals surface area (Å²) in [6.45, 7) is 0.428. The second-order valence-corrected chi connectivity index (χ2v) is 5.35. The Balaban J connectivity index is 0.00000312. The smallest absolute Gasteiger partial charge is 0.193 e. The van der Waals surface area contributed by atoms with Gasteiger partial charge in [-0.05, 0) is 36.2 Å². The Bertz CT molecular complexity index is 744. The van der Waals surface area contributed by atoms with Gasteiger partial charge in [0, 0.05) is 23.3 Å². The van der Waals surface area contributed by atoms with Gasteiger partial charge in [0.05, 0.1) is 14.2 Å². The summed E-state index contributed by atoms with van der Waals surface area (Å²) in [6.07, 6.45) is 0.563. The number of guanidine groups is 1. The molecule has 0 saturated carbocycles. The van der Waals surface area contributed by atoms with Crippen LogP contribution in [0.1, 0.15) is 5.56 Å². The summed E-state index contributed by atoms with van der Waals surface area (Å²) in [4.78, 5) is 4.24. The Morgan fingerprint density at radius 3 is 2.52 bits per heavy atom. The lowest BCUT2D eigenvalue weighted by Crippen LogP contribution is -2.23. The molecule has 0 aliphatic rings. The number of halogens is 3. The fraction of sp³-hybridized carbons (Fsp3) is 0.235. The van der Waals surface area contributed by atoms with Crippen molar-refractivity contribution in [2.75, 3.05) is 26.1 Å². The van der Waals surface area contributed by atoms with Crippen LogP contribution in [0.15, 0.2) is 41.4 Å². The summed E-state index contributed by atoms with van der Waals surface area (Å²) in [5, 5.41) is 3.36. The van der Waals surface area contributed by atoms with Gasteiger partial charge in [0.1, 0.15) is 5.82 Å². The first-order valence-electron chi connectivity index (χ1n) is 7.26. The van der Waals surface area contributed by atoms with Crippen molar-refractivity contribution in [1.82, 2.24) is 0 Å². The molecular formula is C17H20ClFIN3O2. The van der Waals surface area contributed by atoms with Crippen LogP contribution in [0.25, 0.3) is 0 Å². The number of benzene rings is 2. The highest BCUT2D eigenvalue weighted by molar-refractivity contribution is 14.0. The maximum atomic E-state index is 13.0. The second-order valence-electron chi connectivity index (χ2n) is 4.95. The molecule has 0 heterocycles. The fourth-order valence-electron chi connectivity index (χ4n) is 2.12. The second kappa shape index (κ2) is 10.3. The van der Waals surface area contributed by atoms with E-state index in [9.17, 15) is 4.39 Å². The molecule has 0 saturated heterocycles. The third kappa shape index (κ3) is 6.24. The van der Waals surface area contributed by atoms with Crippen LogP contribution in [0.4, 0.5) is 10.1 Å². The van der Waals surface area contributed by atoms with Gasteiger partial charge in [-0.3, -0.25) is 4.99 Å². The zero-order valence-corrected chi connectivity index (χ0v) is 17.0. The molecule has 0 fully saturated rings.